The number of nitrogens with one attached hydrogen (secondary N) is 1. The third-order valence-electron chi connectivity index (χ3n) is 3.20. The van der Waals surface area contributed by atoms with Gasteiger partial charge in [0.2, 0.25) is 5.91 Å². The summed E-state index contributed by atoms with van der Waals surface area (Å²) in [5.41, 5.74) is -0.174. The molecular weight excluding hydrogens is 274 g/mol. The SMILES string of the molecule is CC(O)(CNC(=O)CCn1cnc2ccccc21)C(=O)O. The van der Waals surface area contributed by atoms with Gasteiger partial charge in [-0.15, -0.1) is 0 Å². The molecule has 2 rings (SSSR count). The summed E-state index contributed by atoms with van der Waals surface area (Å²) in [5, 5.41) is 20.7. The van der Waals surface area contributed by atoms with Crippen LogP contribution in [0.4, 0.5) is 0 Å². The second kappa shape index (κ2) is 5.92. The lowest BCUT2D eigenvalue weighted by Gasteiger charge is -2.18. The van der Waals surface area contributed by atoms with Gasteiger partial charge >= 0.3 is 5.97 Å². The molecule has 0 aliphatic heterocycles. The van der Waals surface area contributed by atoms with Gasteiger partial charge < -0.3 is 20.1 Å². The van der Waals surface area contributed by atoms with E-state index in [-0.39, 0.29) is 18.9 Å². The number of imidazole rings is 1. The molecule has 7 heteroatoms. The number of benzene rings is 1. The normalized spacial score (nSPS) is 13.8. The highest BCUT2D eigenvalue weighted by molar-refractivity contribution is 5.80. The Morgan fingerprint density at radius 3 is 2.81 bits per heavy atom. The van der Waals surface area contributed by atoms with Gasteiger partial charge in [-0.1, -0.05) is 12.1 Å². The van der Waals surface area contributed by atoms with Gasteiger partial charge in [0, 0.05) is 13.0 Å². The molecule has 7 nitrogen and oxygen atoms in total. The Morgan fingerprint density at radius 2 is 2.10 bits per heavy atom. The van der Waals surface area contributed by atoms with Crippen LogP contribution in [0.15, 0.2) is 30.6 Å². The summed E-state index contributed by atoms with van der Waals surface area (Å²) >= 11 is 0. The van der Waals surface area contributed by atoms with Crippen molar-refractivity contribution in [3.05, 3.63) is 30.6 Å². The van der Waals surface area contributed by atoms with E-state index in [1.165, 1.54) is 0 Å². The quantitative estimate of drug-likeness (QED) is 0.713. The second-order valence-electron chi connectivity index (χ2n) is 5.03. The van der Waals surface area contributed by atoms with Crippen molar-refractivity contribution in [2.75, 3.05) is 6.54 Å². The van der Waals surface area contributed by atoms with Crippen LogP contribution in [0.2, 0.25) is 0 Å². The maximum Gasteiger partial charge on any atom is 0.337 e. The summed E-state index contributed by atoms with van der Waals surface area (Å²) in [6, 6.07) is 7.58. The third kappa shape index (κ3) is 3.57. The van der Waals surface area contributed by atoms with E-state index in [1.54, 1.807) is 6.33 Å². The van der Waals surface area contributed by atoms with Crippen molar-refractivity contribution in [2.24, 2.45) is 0 Å². The Balaban J connectivity index is 1.88. The monoisotopic (exact) mass is 291 g/mol. The second-order valence-corrected chi connectivity index (χ2v) is 5.03. The van der Waals surface area contributed by atoms with Crippen LogP contribution in [-0.2, 0) is 16.1 Å². The molecule has 3 N–H and O–H groups in total. The molecule has 112 valence electrons. The number of carboxylic acid groups (broad SMARTS) is 1. The van der Waals surface area contributed by atoms with Crippen molar-refractivity contribution in [3.8, 4) is 0 Å². The highest BCUT2D eigenvalue weighted by atomic mass is 16.4. The predicted octanol–water partition coefficient (Wildman–Crippen LogP) is 0.378. The fourth-order valence-corrected chi connectivity index (χ4v) is 1.85. The van der Waals surface area contributed by atoms with E-state index in [9.17, 15) is 14.7 Å². The topological polar surface area (TPSA) is 104 Å². The van der Waals surface area contributed by atoms with Crippen LogP contribution in [-0.4, -0.2) is 43.8 Å². The molecule has 0 fully saturated rings. The Bertz CT molecular complexity index is 663. The number of hydrogen-bond acceptors (Lipinski definition) is 4. The lowest BCUT2D eigenvalue weighted by atomic mass is 10.1. The smallest absolute Gasteiger partial charge is 0.337 e. The minimum atomic E-state index is -1.96. The van der Waals surface area contributed by atoms with Crippen LogP contribution in [0.1, 0.15) is 13.3 Å². The highest BCUT2D eigenvalue weighted by Gasteiger charge is 2.30. The van der Waals surface area contributed by atoms with Crippen LogP contribution >= 0.6 is 0 Å². The molecule has 0 aliphatic carbocycles. The molecule has 1 atom stereocenters. The van der Waals surface area contributed by atoms with Crippen molar-refractivity contribution < 1.29 is 19.8 Å². The molecule has 0 saturated carbocycles. The maximum atomic E-state index is 11.7. The minimum absolute atomic E-state index is 0.177. The number of nitrogens with zero attached hydrogens (tertiary/aromatic N) is 2. The number of carboxylic acids is 1. The molecule has 1 amide bonds. The summed E-state index contributed by atoms with van der Waals surface area (Å²) in [6.07, 6.45) is 1.83. The number of fused-ring (bicyclic) bond motifs is 1. The first-order chi connectivity index (χ1) is 9.90. The van der Waals surface area contributed by atoms with E-state index < -0.39 is 11.6 Å². The van der Waals surface area contributed by atoms with E-state index in [4.69, 9.17) is 5.11 Å². The van der Waals surface area contributed by atoms with Crippen LogP contribution in [0, 0.1) is 0 Å². The molecule has 0 spiro atoms. The number of para-hydroxylation sites is 2. The Kier molecular flexibility index (Phi) is 4.23. The summed E-state index contributed by atoms with van der Waals surface area (Å²) in [7, 11) is 0. The largest absolute Gasteiger partial charge is 0.479 e. The van der Waals surface area contributed by atoms with E-state index in [1.807, 2.05) is 28.8 Å². The molecule has 21 heavy (non-hydrogen) atoms. The zero-order valence-corrected chi connectivity index (χ0v) is 11.6. The number of amides is 1. The molecule has 1 aromatic carbocycles. The average molecular weight is 291 g/mol. The maximum absolute atomic E-state index is 11.7. The molecule has 1 unspecified atom stereocenters. The first kappa shape index (κ1) is 15.0. The molecule has 0 radical (unpaired) electrons. The summed E-state index contributed by atoms with van der Waals surface area (Å²) in [4.78, 5) is 26.6. The number of carbonyl (C=O) groups excluding carboxylic acids is 1. The Morgan fingerprint density at radius 1 is 1.38 bits per heavy atom. The lowest BCUT2D eigenvalue weighted by Crippen LogP contribution is -2.46. The molecule has 0 saturated heterocycles. The highest BCUT2D eigenvalue weighted by Crippen LogP contribution is 2.12. The zero-order valence-electron chi connectivity index (χ0n) is 11.6. The van der Waals surface area contributed by atoms with Gasteiger partial charge in [-0.2, -0.15) is 0 Å². The van der Waals surface area contributed by atoms with Crippen molar-refractivity contribution in [1.82, 2.24) is 14.9 Å². The summed E-state index contributed by atoms with van der Waals surface area (Å²) in [6.45, 7) is 1.24. The van der Waals surface area contributed by atoms with E-state index in [0.717, 1.165) is 18.0 Å². The number of aliphatic hydroxyl groups is 1. The van der Waals surface area contributed by atoms with Gasteiger partial charge in [-0.3, -0.25) is 4.79 Å². The molecule has 0 bridgehead atoms. The summed E-state index contributed by atoms with van der Waals surface area (Å²) < 4.78 is 1.85. The molecule has 1 heterocycles. The van der Waals surface area contributed by atoms with Crippen LogP contribution in [0.25, 0.3) is 11.0 Å². The van der Waals surface area contributed by atoms with Crippen LogP contribution < -0.4 is 5.32 Å². The van der Waals surface area contributed by atoms with Gasteiger partial charge in [0.1, 0.15) is 0 Å². The van der Waals surface area contributed by atoms with Gasteiger partial charge in [-0.05, 0) is 19.1 Å². The van der Waals surface area contributed by atoms with Crippen molar-refractivity contribution in [1.29, 1.82) is 0 Å². The first-order valence-corrected chi connectivity index (χ1v) is 6.52. The van der Waals surface area contributed by atoms with Gasteiger partial charge in [0.25, 0.3) is 0 Å². The van der Waals surface area contributed by atoms with Crippen LogP contribution in [0.3, 0.4) is 0 Å². The molecule has 0 aliphatic rings. The number of hydrogen-bond donors (Lipinski definition) is 3. The van der Waals surface area contributed by atoms with E-state index in [0.29, 0.717) is 6.54 Å². The third-order valence-corrected chi connectivity index (χ3v) is 3.20. The Labute approximate surface area is 121 Å². The van der Waals surface area contributed by atoms with Crippen molar-refractivity contribution in [2.45, 2.75) is 25.5 Å². The van der Waals surface area contributed by atoms with E-state index in [2.05, 4.69) is 10.3 Å². The van der Waals surface area contributed by atoms with Gasteiger partial charge in [-0.25, -0.2) is 9.78 Å². The fraction of sp³-hybridized carbons (Fsp3) is 0.357. The van der Waals surface area contributed by atoms with Crippen LogP contribution in [0.5, 0.6) is 0 Å². The van der Waals surface area contributed by atoms with Crippen molar-refractivity contribution in [3.63, 3.8) is 0 Å². The number of carbonyl (C=O) groups is 2. The Hall–Kier alpha value is -2.41. The van der Waals surface area contributed by atoms with Gasteiger partial charge in [0.15, 0.2) is 5.60 Å². The number of aromatic nitrogens is 2. The lowest BCUT2D eigenvalue weighted by molar-refractivity contribution is -0.156. The number of aryl methyl sites for hydroxylation is 1. The molecule has 2 aromatic rings. The first-order valence-electron chi connectivity index (χ1n) is 6.52. The minimum Gasteiger partial charge on any atom is -0.479 e. The number of rotatable bonds is 6. The van der Waals surface area contributed by atoms with E-state index >= 15 is 0 Å². The summed E-state index contributed by atoms with van der Waals surface area (Å²) in [5.74, 6) is -1.70. The fourth-order valence-electron chi connectivity index (χ4n) is 1.85. The molecule has 1 aromatic heterocycles. The van der Waals surface area contributed by atoms with Gasteiger partial charge in [0.05, 0.1) is 23.9 Å². The zero-order chi connectivity index (χ0) is 15.5. The number of aliphatic carboxylic acids is 1. The average Bonchev–Trinajstić information content (AvgIpc) is 2.86. The molecular formula is C14H17N3O4. The predicted molar refractivity (Wildman–Crippen MR) is 75.6 cm³/mol. The van der Waals surface area contributed by atoms with Crippen molar-refractivity contribution >= 4 is 22.9 Å². The standard InChI is InChI=1S/C14H17N3O4/c1-14(21,13(19)20)8-15-12(18)6-7-17-9-16-10-4-2-3-5-11(10)17/h2-5,9,21H,6-8H2,1H3,(H,15,18)(H,19,20).